The number of H-pyrrole nitrogens is 1. The van der Waals surface area contributed by atoms with Crippen molar-refractivity contribution < 1.29 is 10.2 Å². The molecule has 0 fully saturated rings. The van der Waals surface area contributed by atoms with Crippen LogP contribution in [0.4, 0.5) is 5.69 Å². The van der Waals surface area contributed by atoms with Crippen molar-refractivity contribution in [3.05, 3.63) is 30.1 Å². The van der Waals surface area contributed by atoms with E-state index in [0.717, 1.165) is 23.5 Å². The summed E-state index contributed by atoms with van der Waals surface area (Å²) in [5, 5.41) is 28.1. The summed E-state index contributed by atoms with van der Waals surface area (Å²) in [5.74, 6) is 1.51. The Hall–Kier alpha value is -1.92. The van der Waals surface area contributed by atoms with Crippen molar-refractivity contribution in [3.8, 4) is 11.4 Å². The first kappa shape index (κ1) is 13.5. The first-order chi connectivity index (χ1) is 9.22. The monoisotopic (exact) mass is 262 g/mol. The van der Waals surface area contributed by atoms with Gasteiger partial charge in [0.05, 0.1) is 12.7 Å². The van der Waals surface area contributed by atoms with Crippen LogP contribution in [0.3, 0.4) is 0 Å². The summed E-state index contributed by atoms with van der Waals surface area (Å²) in [6.45, 7) is 2.06. The van der Waals surface area contributed by atoms with Gasteiger partial charge in [0.2, 0.25) is 0 Å². The molecule has 0 saturated heterocycles. The highest BCUT2D eigenvalue weighted by molar-refractivity contribution is 5.62. The zero-order valence-electron chi connectivity index (χ0n) is 10.8. The van der Waals surface area contributed by atoms with E-state index in [4.69, 9.17) is 5.11 Å². The van der Waals surface area contributed by atoms with Crippen LogP contribution in [0.25, 0.3) is 11.4 Å². The smallest absolute Gasteiger partial charge is 0.181 e. The number of anilines is 1. The van der Waals surface area contributed by atoms with Gasteiger partial charge in [0.15, 0.2) is 5.82 Å². The van der Waals surface area contributed by atoms with Crippen LogP contribution in [-0.2, 0) is 6.42 Å². The summed E-state index contributed by atoms with van der Waals surface area (Å²) < 4.78 is 0. The van der Waals surface area contributed by atoms with Crippen molar-refractivity contribution in [2.75, 3.05) is 18.5 Å². The highest BCUT2D eigenvalue weighted by Crippen LogP contribution is 2.19. The van der Waals surface area contributed by atoms with E-state index in [9.17, 15) is 5.11 Å². The van der Waals surface area contributed by atoms with Gasteiger partial charge in [-0.25, -0.2) is 4.98 Å². The summed E-state index contributed by atoms with van der Waals surface area (Å²) in [6.07, 6.45) is 0.0482. The first-order valence-electron chi connectivity index (χ1n) is 6.27. The Labute approximate surface area is 111 Å². The number of hydrogen-bond acceptors (Lipinski definition) is 5. The topological polar surface area (TPSA) is 94.1 Å². The summed E-state index contributed by atoms with van der Waals surface area (Å²) in [4.78, 5) is 4.37. The molecule has 2 aromatic rings. The second-order valence-electron chi connectivity index (χ2n) is 4.26. The molecule has 0 amide bonds. The number of rotatable bonds is 6. The number of nitrogens with one attached hydrogen (secondary N) is 2. The third-order valence-corrected chi connectivity index (χ3v) is 2.74. The number of aromatic nitrogens is 3. The molecule has 0 aliphatic rings. The molecular formula is C13H18N4O2. The molecule has 2 rings (SSSR count). The average Bonchev–Trinajstić information content (AvgIpc) is 2.94. The van der Waals surface area contributed by atoms with Crippen LogP contribution in [0.1, 0.15) is 12.7 Å². The molecule has 6 heteroatoms. The van der Waals surface area contributed by atoms with Gasteiger partial charge in [0.1, 0.15) is 5.82 Å². The van der Waals surface area contributed by atoms with Crippen molar-refractivity contribution >= 4 is 5.69 Å². The fraction of sp³-hybridized carbons (Fsp3) is 0.385. The van der Waals surface area contributed by atoms with Gasteiger partial charge in [-0.1, -0.05) is 19.1 Å². The fourth-order valence-corrected chi connectivity index (χ4v) is 1.65. The highest BCUT2D eigenvalue weighted by Gasteiger charge is 2.06. The fourth-order valence-electron chi connectivity index (χ4n) is 1.65. The Kier molecular flexibility index (Phi) is 4.48. The normalized spacial score (nSPS) is 12.4. The Morgan fingerprint density at radius 2 is 2.26 bits per heavy atom. The Balaban J connectivity index is 2.10. The molecule has 0 spiro atoms. The number of benzene rings is 1. The largest absolute Gasteiger partial charge is 0.394 e. The minimum Gasteiger partial charge on any atom is -0.394 e. The van der Waals surface area contributed by atoms with Crippen molar-refractivity contribution in [2.24, 2.45) is 0 Å². The van der Waals surface area contributed by atoms with E-state index in [2.05, 4.69) is 20.5 Å². The summed E-state index contributed by atoms with van der Waals surface area (Å²) in [6, 6.07) is 7.62. The molecule has 102 valence electrons. The summed E-state index contributed by atoms with van der Waals surface area (Å²) >= 11 is 0. The van der Waals surface area contributed by atoms with Gasteiger partial charge in [-0.2, -0.15) is 5.10 Å². The van der Waals surface area contributed by atoms with Crippen LogP contribution in [0.5, 0.6) is 0 Å². The number of aromatic amines is 1. The average molecular weight is 262 g/mol. The zero-order valence-corrected chi connectivity index (χ0v) is 10.8. The van der Waals surface area contributed by atoms with Crippen LogP contribution < -0.4 is 5.32 Å². The van der Waals surface area contributed by atoms with Crippen LogP contribution >= 0.6 is 0 Å². The van der Waals surface area contributed by atoms with E-state index in [0.29, 0.717) is 12.4 Å². The Morgan fingerprint density at radius 1 is 1.42 bits per heavy atom. The number of aliphatic hydroxyl groups is 2. The second-order valence-corrected chi connectivity index (χ2v) is 4.26. The molecule has 0 aliphatic heterocycles. The van der Waals surface area contributed by atoms with E-state index < -0.39 is 6.10 Å². The van der Waals surface area contributed by atoms with Crippen LogP contribution in [0, 0.1) is 0 Å². The van der Waals surface area contributed by atoms with Crippen molar-refractivity contribution in [1.82, 2.24) is 15.2 Å². The minimum atomic E-state index is -0.765. The lowest BCUT2D eigenvalue weighted by Crippen LogP contribution is -2.22. The number of nitrogens with zero attached hydrogens (tertiary/aromatic N) is 2. The highest BCUT2D eigenvalue weighted by atomic mass is 16.3. The van der Waals surface area contributed by atoms with Gasteiger partial charge < -0.3 is 15.5 Å². The molecule has 0 radical (unpaired) electrons. The SMILES string of the molecule is CCc1nc(-c2cccc(NCC(O)CO)c2)n[nH]1. The van der Waals surface area contributed by atoms with Crippen molar-refractivity contribution in [3.63, 3.8) is 0 Å². The maximum absolute atomic E-state index is 9.30. The molecule has 1 atom stereocenters. The van der Waals surface area contributed by atoms with Gasteiger partial charge in [-0.05, 0) is 12.1 Å². The maximum Gasteiger partial charge on any atom is 0.181 e. The molecule has 0 aliphatic carbocycles. The standard InChI is InChI=1S/C13H18N4O2/c1-2-12-15-13(17-16-12)9-4-3-5-10(6-9)14-7-11(19)8-18/h3-6,11,14,18-19H,2,7-8H2,1H3,(H,15,16,17). The lowest BCUT2D eigenvalue weighted by molar-refractivity contribution is 0.105. The third-order valence-electron chi connectivity index (χ3n) is 2.74. The Bertz CT molecular complexity index is 527. The summed E-state index contributed by atoms with van der Waals surface area (Å²) in [5.41, 5.74) is 1.76. The molecular weight excluding hydrogens is 244 g/mol. The number of aryl methyl sites for hydroxylation is 1. The molecule has 0 bridgehead atoms. The van der Waals surface area contributed by atoms with Gasteiger partial charge in [0.25, 0.3) is 0 Å². The van der Waals surface area contributed by atoms with E-state index in [-0.39, 0.29) is 6.61 Å². The molecule has 0 saturated carbocycles. The molecule has 1 heterocycles. The molecule has 19 heavy (non-hydrogen) atoms. The maximum atomic E-state index is 9.30. The van der Waals surface area contributed by atoms with Crippen LogP contribution in [-0.4, -0.2) is 44.7 Å². The lowest BCUT2D eigenvalue weighted by atomic mass is 10.2. The third kappa shape index (κ3) is 3.52. The van der Waals surface area contributed by atoms with Gasteiger partial charge in [-0.3, -0.25) is 5.10 Å². The van der Waals surface area contributed by atoms with Crippen molar-refractivity contribution in [2.45, 2.75) is 19.4 Å². The molecule has 6 nitrogen and oxygen atoms in total. The Morgan fingerprint density at radius 3 is 2.95 bits per heavy atom. The predicted octanol–water partition coefficient (Wildman–Crippen LogP) is 0.799. The van der Waals surface area contributed by atoms with E-state index >= 15 is 0 Å². The van der Waals surface area contributed by atoms with Crippen molar-refractivity contribution in [1.29, 1.82) is 0 Å². The van der Waals surface area contributed by atoms with E-state index in [1.807, 2.05) is 31.2 Å². The molecule has 1 unspecified atom stereocenters. The molecule has 1 aromatic heterocycles. The van der Waals surface area contributed by atoms with Crippen LogP contribution in [0.2, 0.25) is 0 Å². The molecule has 4 N–H and O–H groups in total. The second kappa shape index (κ2) is 6.31. The number of hydrogen-bond donors (Lipinski definition) is 4. The van der Waals surface area contributed by atoms with Gasteiger partial charge in [0, 0.05) is 24.2 Å². The molecule has 1 aromatic carbocycles. The quantitative estimate of drug-likeness (QED) is 0.618. The predicted molar refractivity (Wildman–Crippen MR) is 72.8 cm³/mol. The number of aliphatic hydroxyl groups excluding tert-OH is 2. The lowest BCUT2D eigenvalue weighted by Gasteiger charge is -2.10. The van der Waals surface area contributed by atoms with Gasteiger partial charge in [-0.15, -0.1) is 0 Å². The van der Waals surface area contributed by atoms with E-state index in [1.165, 1.54) is 0 Å². The van der Waals surface area contributed by atoms with E-state index in [1.54, 1.807) is 0 Å². The summed E-state index contributed by atoms with van der Waals surface area (Å²) in [7, 11) is 0. The van der Waals surface area contributed by atoms with Gasteiger partial charge >= 0.3 is 0 Å². The first-order valence-corrected chi connectivity index (χ1v) is 6.27. The zero-order chi connectivity index (χ0) is 13.7. The van der Waals surface area contributed by atoms with Crippen LogP contribution in [0.15, 0.2) is 24.3 Å². The minimum absolute atomic E-state index is 0.256.